The molecule has 32 heavy (non-hydrogen) atoms. The van der Waals surface area contributed by atoms with Gasteiger partial charge >= 0.3 is 0 Å². The first kappa shape index (κ1) is 19.3. The Hall–Kier alpha value is -4.66. The number of nitro groups is 1. The molecule has 9 nitrogen and oxygen atoms in total. The van der Waals surface area contributed by atoms with Crippen molar-refractivity contribution in [1.82, 2.24) is 0 Å². The molecule has 0 spiro atoms. The van der Waals surface area contributed by atoms with Gasteiger partial charge in [0.2, 0.25) is 18.1 Å². The third-order valence-electron chi connectivity index (χ3n) is 5.01. The minimum Gasteiger partial charge on any atom is -0.454 e. The Morgan fingerprint density at radius 3 is 2.62 bits per heavy atom. The molecular formula is C23H14N2O7. The third-order valence-corrected chi connectivity index (χ3v) is 5.01. The van der Waals surface area contributed by atoms with Gasteiger partial charge in [-0.15, -0.1) is 0 Å². The lowest BCUT2D eigenvalue weighted by Crippen LogP contribution is -2.16. The molecular weight excluding hydrogens is 416 g/mol. The van der Waals surface area contributed by atoms with Crippen LogP contribution in [0, 0.1) is 10.1 Å². The van der Waals surface area contributed by atoms with Crippen molar-refractivity contribution in [3.05, 3.63) is 92.6 Å². The van der Waals surface area contributed by atoms with Crippen LogP contribution in [0.25, 0.3) is 22.1 Å². The molecule has 0 unspecified atom stereocenters. The van der Waals surface area contributed by atoms with Crippen molar-refractivity contribution >= 4 is 28.4 Å². The van der Waals surface area contributed by atoms with E-state index in [-0.39, 0.29) is 40.5 Å². The van der Waals surface area contributed by atoms with Gasteiger partial charge in [-0.05, 0) is 35.9 Å². The van der Waals surface area contributed by atoms with Crippen molar-refractivity contribution in [2.45, 2.75) is 0 Å². The van der Waals surface area contributed by atoms with E-state index in [4.69, 9.17) is 13.9 Å². The molecule has 0 aliphatic carbocycles. The van der Waals surface area contributed by atoms with Crippen molar-refractivity contribution in [2.75, 3.05) is 12.1 Å². The van der Waals surface area contributed by atoms with Gasteiger partial charge in [0.15, 0.2) is 11.5 Å². The summed E-state index contributed by atoms with van der Waals surface area (Å²) in [6, 6.07) is 16.9. The molecule has 1 aromatic heterocycles. The van der Waals surface area contributed by atoms with E-state index in [0.717, 1.165) is 6.07 Å². The van der Waals surface area contributed by atoms with Crippen molar-refractivity contribution in [3.63, 3.8) is 0 Å². The number of ether oxygens (including phenoxy) is 2. The molecule has 0 radical (unpaired) electrons. The predicted octanol–water partition coefficient (Wildman–Crippen LogP) is 4.35. The summed E-state index contributed by atoms with van der Waals surface area (Å²) in [6.07, 6.45) is 0. The number of nitrogens with zero attached hydrogens (tertiary/aromatic N) is 1. The number of hydrogen-bond donors (Lipinski definition) is 1. The van der Waals surface area contributed by atoms with Gasteiger partial charge in [0.25, 0.3) is 11.6 Å². The number of nitro benzene ring substituents is 1. The van der Waals surface area contributed by atoms with Crippen LogP contribution < -0.4 is 20.2 Å². The Bertz CT molecular complexity index is 1460. The van der Waals surface area contributed by atoms with E-state index in [9.17, 15) is 19.7 Å². The van der Waals surface area contributed by atoms with Crippen molar-refractivity contribution in [3.8, 4) is 22.6 Å². The molecule has 5 rings (SSSR count). The average molecular weight is 430 g/mol. The predicted molar refractivity (Wildman–Crippen MR) is 115 cm³/mol. The second-order valence-electron chi connectivity index (χ2n) is 6.96. The number of carbonyl (C=O) groups is 1. The fourth-order valence-corrected chi connectivity index (χ4v) is 3.48. The third kappa shape index (κ3) is 3.31. The molecule has 0 fully saturated rings. The quantitative estimate of drug-likeness (QED) is 0.377. The molecule has 9 heteroatoms. The van der Waals surface area contributed by atoms with Crippen LogP contribution in [-0.4, -0.2) is 17.6 Å². The van der Waals surface area contributed by atoms with E-state index >= 15 is 0 Å². The number of hydrogen-bond acceptors (Lipinski definition) is 7. The van der Waals surface area contributed by atoms with Crippen LogP contribution in [0.2, 0.25) is 0 Å². The van der Waals surface area contributed by atoms with E-state index in [1.165, 1.54) is 18.2 Å². The molecule has 1 amide bonds. The first-order valence-electron chi connectivity index (χ1n) is 9.53. The number of benzene rings is 3. The largest absolute Gasteiger partial charge is 0.454 e. The topological polar surface area (TPSA) is 121 Å². The number of anilines is 1. The Balaban J connectivity index is 1.64. The second-order valence-corrected chi connectivity index (χ2v) is 6.96. The van der Waals surface area contributed by atoms with Gasteiger partial charge in [-0.1, -0.05) is 24.3 Å². The van der Waals surface area contributed by atoms with Gasteiger partial charge in [0.1, 0.15) is 5.58 Å². The molecule has 1 aliphatic heterocycles. The lowest BCUT2D eigenvalue weighted by atomic mass is 10.0. The molecule has 1 N–H and O–H groups in total. The Morgan fingerprint density at radius 1 is 0.969 bits per heavy atom. The van der Waals surface area contributed by atoms with E-state index < -0.39 is 10.8 Å². The number of fused-ring (bicyclic) bond motifs is 2. The number of carbonyl (C=O) groups excluding carboxylic acids is 1. The van der Waals surface area contributed by atoms with Gasteiger partial charge < -0.3 is 13.9 Å². The van der Waals surface area contributed by atoms with E-state index in [2.05, 4.69) is 5.32 Å². The Kier molecular flexibility index (Phi) is 4.55. The van der Waals surface area contributed by atoms with Crippen LogP contribution in [0.3, 0.4) is 0 Å². The lowest BCUT2D eigenvalue weighted by molar-refractivity contribution is -0.384. The number of nitrogens with one attached hydrogen (secondary N) is 1. The van der Waals surface area contributed by atoms with Crippen molar-refractivity contribution < 1.29 is 23.6 Å². The second kappa shape index (κ2) is 7.55. The molecule has 2 heterocycles. The van der Waals surface area contributed by atoms with E-state index in [1.54, 1.807) is 42.5 Å². The summed E-state index contributed by atoms with van der Waals surface area (Å²) < 4.78 is 16.6. The van der Waals surface area contributed by atoms with Crippen LogP contribution in [0.4, 0.5) is 11.6 Å². The summed E-state index contributed by atoms with van der Waals surface area (Å²) in [7, 11) is 0. The molecule has 0 bridgehead atoms. The maximum absolute atomic E-state index is 13.3. The summed E-state index contributed by atoms with van der Waals surface area (Å²) in [5.74, 6) is 0.269. The molecule has 4 aromatic rings. The monoisotopic (exact) mass is 430 g/mol. The summed E-state index contributed by atoms with van der Waals surface area (Å²) in [4.78, 5) is 36.7. The minimum atomic E-state index is -0.658. The number of para-hydroxylation sites is 1. The van der Waals surface area contributed by atoms with Gasteiger partial charge in [-0.3, -0.25) is 25.0 Å². The summed E-state index contributed by atoms with van der Waals surface area (Å²) >= 11 is 0. The summed E-state index contributed by atoms with van der Waals surface area (Å²) in [5.41, 5.74) is 0.348. The maximum Gasteiger partial charge on any atom is 0.270 e. The lowest BCUT2D eigenvalue weighted by Gasteiger charge is -2.12. The smallest absolute Gasteiger partial charge is 0.270 e. The molecule has 1 aliphatic rings. The average Bonchev–Trinajstić information content (AvgIpc) is 3.27. The van der Waals surface area contributed by atoms with E-state index in [1.807, 2.05) is 0 Å². The molecule has 0 saturated carbocycles. The maximum atomic E-state index is 13.3. The van der Waals surface area contributed by atoms with Gasteiger partial charge in [0, 0.05) is 17.7 Å². The van der Waals surface area contributed by atoms with E-state index in [0.29, 0.717) is 22.4 Å². The van der Waals surface area contributed by atoms with Gasteiger partial charge in [-0.2, -0.15) is 0 Å². The highest BCUT2D eigenvalue weighted by molar-refractivity contribution is 6.06. The summed E-state index contributed by atoms with van der Waals surface area (Å²) in [6.45, 7) is 0.0709. The number of rotatable bonds is 4. The SMILES string of the molecule is O=C(Nc1oc2ccccc2c(=O)c1-c1ccc2c(c1)OCO2)c1cccc([N+](=O)[O-])c1. The molecule has 158 valence electrons. The Morgan fingerprint density at radius 2 is 1.78 bits per heavy atom. The zero-order valence-corrected chi connectivity index (χ0v) is 16.4. The Labute approximate surface area is 180 Å². The zero-order chi connectivity index (χ0) is 22.2. The van der Waals surface area contributed by atoms with Crippen molar-refractivity contribution in [2.24, 2.45) is 0 Å². The first-order chi connectivity index (χ1) is 15.5. The van der Waals surface area contributed by atoms with Crippen molar-refractivity contribution in [1.29, 1.82) is 0 Å². The van der Waals surface area contributed by atoms with Gasteiger partial charge in [-0.25, -0.2) is 0 Å². The van der Waals surface area contributed by atoms with Crippen LogP contribution in [0.1, 0.15) is 10.4 Å². The van der Waals surface area contributed by atoms with Crippen LogP contribution >= 0.6 is 0 Å². The number of amides is 1. The highest BCUT2D eigenvalue weighted by atomic mass is 16.7. The molecule has 0 saturated heterocycles. The fraction of sp³-hybridized carbons (Fsp3) is 0.0435. The highest BCUT2D eigenvalue weighted by Gasteiger charge is 2.22. The van der Waals surface area contributed by atoms with Crippen LogP contribution in [0.15, 0.2) is 75.9 Å². The summed E-state index contributed by atoms with van der Waals surface area (Å²) in [5, 5.41) is 14.0. The highest BCUT2D eigenvalue weighted by Crippen LogP contribution is 2.38. The van der Waals surface area contributed by atoms with Gasteiger partial charge in [0.05, 0.1) is 15.9 Å². The normalized spacial score (nSPS) is 12.0. The first-order valence-corrected chi connectivity index (χ1v) is 9.53. The molecule has 3 aromatic carbocycles. The zero-order valence-electron chi connectivity index (χ0n) is 16.4. The molecule has 0 atom stereocenters. The number of non-ortho nitro benzene ring substituents is 1. The fourth-order valence-electron chi connectivity index (χ4n) is 3.48. The van der Waals surface area contributed by atoms with Crippen LogP contribution in [-0.2, 0) is 0 Å². The standard InChI is InChI=1S/C23H14N2O7/c26-21-16-6-1-2-7-17(16)32-23(20(21)13-8-9-18-19(11-13)31-12-30-18)24-22(27)14-4-3-5-15(10-14)25(28)29/h1-11H,12H2,(H,24,27). The van der Waals surface area contributed by atoms with Crippen LogP contribution in [0.5, 0.6) is 11.5 Å². The minimum absolute atomic E-state index is 0.0478.